The van der Waals surface area contributed by atoms with E-state index in [9.17, 15) is 8.78 Å². The molecule has 4 heteroatoms. The van der Waals surface area contributed by atoms with E-state index >= 15 is 0 Å². The highest BCUT2D eigenvalue weighted by atomic mass is 19.2. The molecule has 1 fully saturated rings. The zero-order valence-corrected chi connectivity index (χ0v) is 12.5. The molecule has 1 aromatic rings. The van der Waals surface area contributed by atoms with Crippen LogP contribution in [0.5, 0.6) is 0 Å². The lowest BCUT2D eigenvalue weighted by Crippen LogP contribution is -2.58. The minimum atomic E-state index is -0.820. The van der Waals surface area contributed by atoms with E-state index in [0.29, 0.717) is 5.92 Å². The Labute approximate surface area is 119 Å². The van der Waals surface area contributed by atoms with Crippen LogP contribution in [0.25, 0.3) is 0 Å². The molecule has 20 heavy (non-hydrogen) atoms. The van der Waals surface area contributed by atoms with Gasteiger partial charge in [0.25, 0.3) is 0 Å². The summed E-state index contributed by atoms with van der Waals surface area (Å²) in [5.74, 6) is -1.13. The summed E-state index contributed by atoms with van der Waals surface area (Å²) in [6.45, 7) is 9.15. The molecule has 0 spiro atoms. The number of hydrogen-bond acceptors (Lipinski definition) is 2. The van der Waals surface area contributed by atoms with Gasteiger partial charge in [-0.1, -0.05) is 33.8 Å². The summed E-state index contributed by atoms with van der Waals surface area (Å²) in [7, 11) is 0. The third-order valence-electron chi connectivity index (χ3n) is 4.09. The standard InChI is InChI=1S/C16H23F2NO/c1-10(2)9-20-14-8-13(16(14,3)4)19-12-7-5-6-11(17)15(12)18/h5-7,10,13-14,19H,8-9H2,1-4H3. The number of anilines is 1. The number of nitrogens with one attached hydrogen (secondary N) is 1. The number of halogens is 2. The lowest BCUT2D eigenvalue weighted by atomic mass is 9.64. The number of ether oxygens (including phenoxy) is 1. The van der Waals surface area contributed by atoms with Gasteiger partial charge in [-0.3, -0.25) is 0 Å². The fourth-order valence-electron chi connectivity index (χ4n) is 2.52. The van der Waals surface area contributed by atoms with Gasteiger partial charge < -0.3 is 10.1 Å². The monoisotopic (exact) mass is 283 g/mol. The molecule has 2 nitrogen and oxygen atoms in total. The third kappa shape index (κ3) is 2.95. The molecule has 2 atom stereocenters. The first-order valence-electron chi connectivity index (χ1n) is 7.14. The van der Waals surface area contributed by atoms with E-state index in [1.807, 2.05) is 0 Å². The summed E-state index contributed by atoms with van der Waals surface area (Å²) in [6, 6.07) is 4.30. The van der Waals surface area contributed by atoms with Crippen LogP contribution in [0.2, 0.25) is 0 Å². The molecule has 2 rings (SSSR count). The summed E-state index contributed by atoms with van der Waals surface area (Å²) in [6.07, 6.45) is 0.981. The first-order valence-corrected chi connectivity index (χ1v) is 7.14. The van der Waals surface area contributed by atoms with Gasteiger partial charge in [-0.05, 0) is 24.5 Å². The smallest absolute Gasteiger partial charge is 0.181 e. The van der Waals surface area contributed by atoms with Crippen molar-refractivity contribution in [3.8, 4) is 0 Å². The van der Waals surface area contributed by atoms with E-state index in [4.69, 9.17) is 4.74 Å². The molecule has 0 bridgehead atoms. The van der Waals surface area contributed by atoms with Crippen LogP contribution >= 0.6 is 0 Å². The second kappa shape index (κ2) is 5.68. The highest BCUT2D eigenvalue weighted by molar-refractivity contribution is 5.47. The molecule has 0 aliphatic heterocycles. The topological polar surface area (TPSA) is 21.3 Å². The van der Waals surface area contributed by atoms with Gasteiger partial charge in [0.1, 0.15) is 0 Å². The van der Waals surface area contributed by atoms with E-state index in [0.717, 1.165) is 19.1 Å². The largest absolute Gasteiger partial charge is 0.379 e. The van der Waals surface area contributed by atoms with Crippen LogP contribution in [0.3, 0.4) is 0 Å². The van der Waals surface area contributed by atoms with Crippen LogP contribution in [-0.2, 0) is 4.74 Å². The Morgan fingerprint density at radius 3 is 2.65 bits per heavy atom. The summed E-state index contributed by atoms with van der Waals surface area (Å²) in [4.78, 5) is 0. The van der Waals surface area contributed by atoms with Crippen molar-refractivity contribution in [2.24, 2.45) is 11.3 Å². The summed E-state index contributed by atoms with van der Waals surface area (Å²) < 4.78 is 32.7. The molecule has 0 aromatic heterocycles. The van der Waals surface area contributed by atoms with Gasteiger partial charge in [-0.25, -0.2) is 8.78 Å². The van der Waals surface area contributed by atoms with E-state index in [1.165, 1.54) is 6.07 Å². The van der Waals surface area contributed by atoms with E-state index in [1.54, 1.807) is 6.07 Å². The number of rotatable bonds is 5. The van der Waals surface area contributed by atoms with Crippen LogP contribution in [0.1, 0.15) is 34.1 Å². The van der Waals surface area contributed by atoms with Crippen LogP contribution in [0.15, 0.2) is 18.2 Å². The molecule has 1 aliphatic rings. The molecule has 1 aliphatic carbocycles. The second-order valence-corrected chi connectivity index (χ2v) is 6.57. The molecule has 0 amide bonds. The lowest BCUT2D eigenvalue weighted by Gasteiger charge is -2.52. The molecule has 1 aromatic carbocycles. The van der Waals surface area contributed by atoms with Gasteiger partial charge >= 0.3 is 0 Å². The zero-order valence-electron chi connectivity index (χ0n) is 12.5. The van der Waals surface area contributed by atoms with Crippen LogP contribution < -0.4 is 5.32 Å². The molecule has 1 saturated carbocycles. The predicted molar refractivity (Wildman–Crippen MR) is 76.7 cm³/mol. The maximum Gasteiger partial charge on any atom is 0.181 e. The maximum absolute atomic E-state index is 13.7. The lowest BCUT2D eigenvalue weighted by molar-refractivity contribution is -0.108. The van der Waals surface area contributed by atoms with E-state index in [-0.39, 0.29) is 23.2 Å². The molecule has 1 N–H and O–H groups in total. The van der Waals surface area contributed by atoms with Crippen molar-refractivity contribution in [2.45, 2.75) is 46.3 Å². The highest BCUT2D eigenvalue weighted by Gasteiger charge is 2.49. The van der Waals surface area contributed by atoms with Crippen LogP contribution in [-0.4, -0.2) is 18.8 Å². The summed E-state index contributed by atoms with van der Waals surface area (Å²) in [5, 5.41) is 3.10. The van der Waals surface area contributed by atoms with Crippen molar-refractivity contribution in [1.82, 2.24) is 0 Å². The quantitative estimate of drug-likeness (QED) is 0.873. The minimum absolute atomic E-state index is 0.0896. The van der Waals surface area contributed by atoms with Crippen molar-refractivity contribution in [2.75, 3.05) is 11.9 Å². The van der Waals surface area contributed by atoms with Crippen molar-refractivity contribution >= 4 is 5.69 Å². The SMILES string of the molecule is CC(C)COC1CC(Nc2cccc(F)c2F)C1(C)C. The van der Waals surface area contributed by atoms with Crippen LogP contribution in [0, 0.1) is 23.0 Å². The van der Waals surface area contributed by atoms with E-state index in [2.05, 4.69) is 33.0 Å². The molecule has 0 heterocycles. The highest BCUT2D eigenvalue weighted by Crippen LogP contribution is 2.44. The summed E-state index contributed by atoms with van der Waals surface area (Å²) in [5.41, 5.74) is 0.138. The first kappa shape index (κ1) is 15.2. The zero-order chi connectivity index (χ0) is 14.9. The Hall–Kier alpha value is -1.16. The Balaban J connectivity index is 1.97. The van der Waals surface area contributed by atoms with Crippen molar-refractivity contribution in [1.29, 1.82) is 0 Å². The van der Waals surface area contributed by atoms with Crippen molar-refractivity contribution in [3.05, 3.63) is 29.8 Å². The average molecular weight is 283 g/mol. The second-order valence-electron chi connectivity index (χ2n) is 6.57. The van der Waals surface area contributed by atoms with E-state index < -0.39 is 11.6 Å². The Bertz CT molecular complexity index is 474. The third-order valence-corrected chi connectivity index (χ3v) is 4.09. The number of hydrogen-bond donors (Lipinski definition) is 1. The van der Waals surface area contributed by atoms with Crippen LogP contribution in [0.4, 0.5) is 14.5 Å². The Morgan fingerprint density at radius 1 is 1.35 bits per heavy atom. The normalized spacial score (nSPS) is 24.6. The number of benzene rings is 1. The fraction of sp³-hybridized carbons (Fsp3) is 0.625. The summed E-state index contributed by atoms with van der Waals surface area (Å²) >= 11 is 0. The molecular weight excluding hydrogens is 260 g/mol. The molecule has 112 valence electrons. The minimum Gasteiger partial charge on any atom is -0.379 e. The maximum atomic E-state index is 13.7. The Kier molecular flexibility index (Phi) is 4.33. The molecular formula is C16H23F2NO. The van der Waals surface area contributed by atoms with Gasteiger partial charge in [-0.2, -0.15) is 0 Å². The first-order chi connectivity index (χ1) is 9.32. The van der Waals surface area contributed by atoms with Gasteiger partial charge in [-0.15, -0.1) is 0 Å². The van der Waals surface area contributed by atoms with Crippen molar-refractivity contribution < 1.29 is 13.5 Å². The average Bonchev–Trinajstić information content (AvgIpc) is 2.37. The molecule has 0 radical (unpaired) electrons. The fourth-order valence-corrected chi connectivity index (χ4v) is 2.52. The van der Waals surface area contributed by atoms with Gasteiger partial charge in [0.05, 0.1) is 11.8 Å². The van der Waals surface area contributed by atoms with Crippen molar-refractivity contribution in [3.63, 3.8) is 0 Å². The van der Waals surface area contributed by atoms with Gasteiger partial charge in [0.2, 0.25) is 0 Å². The van der Waals surface area contributed by atoms with Gasteiger partial charge in [0.15, 0.2) is 11.6 Å². The Morgan fingerprint density at radius 2 is 2.05 bits per heavy atom. The predicted octanol–water partition coefficient (Wildman–Crippen LogP) is 4.22. The molecule has 2 unspecified atom stereocenters. The van der Waals surface area contributed by atoms with Gasteiger partial charge in [0, 0.05) is 18.1 Å². The molecule has 0 saturated heterocycles.